The van der Waals surface area contributed by atoms with Gasteiger partial charge in [-0.05, 0) is 59.4 Å². The highest BCUT2D eigenvalue weighted by Crippen LogP contribution is 2.30. The van der Waals surface area contributed by atoms with Crippen LogP contribution in [0.3, 0.4) is 0 Å². The van der Waals surface area contributed by atoms with E-state index in [0.717, 1.165) is 23.1 Å². The molecule has 4 aromatic rings. The minimum atomic E-state index is -0.531. The first-order chi connectivity index (χ1) is 19.5. The summed E-state index contributed by atoms with van der Waals surface area (Å²) in [6.45, 7) is 4.05. The normalized spacial score (nSPS) is 11.7. The minimum absolute atomic E-state index is 0.177. The van der Waals surface area contributed by atoms with Crippen molar-refractivity contribution in [3.8, 4) is 22.6 Å². The summed E-state index contributed by atoms with van der Waals surface area (Å²) >= 11 is 0. The SMILES string of the molecule is CCCCCCCCc1ccc(-c2ccc(C(=O)Oc3ccc(C(=O)C(C)c4ccccc4)c(O)c3)cc2)cc1. The van der Waals surface area contributed by atoms with Crippen molar-refractivity contribution in [1.29, 1.82) is 0 Å². The Balaban J connectivity index is 1.33. The lowest BCUT2D eigenvalue weighted by molar-refractivity contribution is 0.0734. The number of aromatic hydroxyl groups is 1. The summed E-state index contributed by atoms with van der Waals surface area (Å²) in [4.78, 5) is 25.7. The fourth-order valence-electron chi connectivity index (χ4n) is 4.85. The Morgan fingerprint density at radius 2 is 1.38 bits per heavy atom. The number of hydrogen-bond acceptors (Lipinski definition) is 4. The van der Waals surface area contributed by atoms with Gasteiger partial charge in [0.2, 0.25) is 0 Å². The molecule has 4 heteroatoms. The lowest BCUT2D eigenvalue weighted by Crippen LogP contribution is -2.11. The van der Waals surface area contributed by atoms with E-state index in [1.807, 2.05) is 42.5 Å². The molecular weight excluding hydrogens is 496 g/mol. The van der Waals surface area contributed by atoms with Crippen molar-refractivity contribution in [2.45, 2.75) is 64.7 Å². The molecule has 206 valence electrons. The van der Waals surface area contributed by atoms with Gasteiger partial charge in [-0.2, -0.15) is 0 Å². The first kappa shape index (κ1) is 28.8. The Kier molecular flexibility index (Phi) is 10.3. The fraction of sp³-hybridized carbons (Fsp3) is 0.278. The maximum atomic E-state index is 12.9. The van der Waals surface area contributed by atoms with Gasteiger partial charge in [0.15, 0.2) is 5.78 Å². The maximum absolute atomic E-state index is 12.9. The molecule has 0 aliphatic carbocycles. The Bertz CT molecular complexity index is 1390. The molecule has 0 heterocycles. The van der Waals surface area contributed by atoms with Crippen molar-refractivity contribution in [1.82, 2.24) is 0 Å². The third-order valence-electron chi connectivity index (χ3n) is 7.36. The van der Waals surface area contributed by atoms with Gasteiger partial charge < -0.3 is 9.84 Å². The number of ether oxygens (including phenoxy) is 1. The fourth-order valence-corrected chi connectivity index (χ4v) is 4.85. The molecule has 0 fully saturated rings. The first-order valence-corrected chi connectivity index (χ1v) is 14.3. The van der Waals surface area contributed by atoms with Crippen LogP contribution in [0.15, 0.2) is 97.1 Å². The number of benzene rings is 4. The largest absolute Gasteiger partial charge is 0.507 e. The molecule has 0 saturated carbocycles. The number of hydrogen-bond donors (Lipinski definition) is 1. The van der Waals surface area contributed by atoms with E-state index in [1.54, 1.807) is 19.1 Å². The molecule has 40 heavy (non-hydrogen) atoms. The second kappa shape index (κ2) is 14.3. The van der Waals surface area contributed by atoms with Crippen molar-refractivity contribution in [2.75, 3.05) is 0 Å². The van der Waals surface area contributed by atoms with Crippen LogP contribution in [0.5, 0.6) is 11.5 Å². The van der Waals surface area contributed by atoms with Crippen LogP contribution in [0.4, 0.5) is 0 Å². The van der Waals surface area contributed by atoms with E-state index in [2.05, 4.69) is 31.2 Å². The summed E-state index contributed by atoms with van der Waals surface area (Å²) in [6, 6.07) is 29.7. The van der Waals surface area contributed by atoms with Crippen LogP contribution in [0.25, 0.3) is 11.1 Å². The number of aryl methyl sites for hydroxylation is 1. The van der Waals surface area contributed by atoms with Crippen molar-refractivity contribution in [2.24, 2.45) is 0 Å². The molecule has 0 bridgehead atoms. The summed E-state index contributed by atoms with van der Waals surface area (Å²) in [5, 5.41) is 10.5. The van der Waals surface area contributed by atoms with Crippen LogP contribution in [-0.2, 0) is 6.42 Å². The topological polar surface area (TPSA) is 63.6 Å². The van der Waals surface area contributed by atoms with Gasteiger partial charge in [-0.25, -0.2) is 4.79 Å². The van der Waals surface area contributed by atoms with Crippen LogP contribution in [0.1, 0.15) is 90.1 Å². The van der Waals surface area contributed by atoms with E-state index in [0.29, 0.717) is 5.56 Å². The van der Waals surface area contributed by atoms with Crippen LogP contribution < -0.4 is 4.74 Å². The van der Waals surface area contributed by atoms with E-state index >= 15 is 0 Å². The zero-order valence-electron chi connectivity index (χ0n) is 23.4. The molecule has 1 unspecified atom stereocenters. The van der Waals surface area contributed by atoms with Gasteiger partial charge in [0.1, 0.15) is 11.5 Å². The summed E-state index contributed by atoms with van der Waals surface area (Å²) in [5.41, 5.74) is 4.94. The quantitative estimate of drug-likeness (QED) is 0.0804. The van der Waals surface area contributed by atoms with Gasteiger partial charge >= 0.3 is 5.97 Å². The van der Waals surface area contributed by atoms with Crippen molar-refractivity contribution in [3.05, 3.63) is 119 Å². The van der Waals surface area contributed by atoms with Crippen molar-refractivity contribution >= 4 is 11.8 Å². The smallest absolute Gasteiger partial charge is 0.343 e. The molecule has 0 radical (unpaired) electrons. The highest BCUT2D eigenvalue weighted by Gasteiger charge is 2.21. The van der Waals surface area contributed by atoms with Crippen molar-refractivity contribution in [3.63, 3.8) is 0 Å². The Labute approximate surface area is 237 Å². The van der Waals surface area contributed by atoms with Gasteiger partial charge in [0.25, 0.3) is 0 Å². The monoisotopic (exact) mass is 534 g/mol. The first-order valence-electron chi connectivity index (χ1n) is 14.3. The number of ketones is 1. The van der Waals surface area contributed by atoms with E-state index < -0.39 is 11.9 Å². The highest BCUT2D eigenvalue weighted by atomic mass is 16.5. The van der Waals surface area contributed by atoms with E-state index in [9.17, 15) is 14.7 Å². The third kappa shape index (κ3) is 7.69. The van der Waals surface area contributed by atoms with Crippen molar-refractivity contribution < 1.29 is 19.4 Å². The summed E-state index contributed by atoms with van der Waals surface area (Å²) in [6.07, 6.45) is 8.88. The molecule has 0 saturated heterocycles. The summed E-state index contributed by atoms with van der Waals surface area (Å²) in [7, 11) is 0. The predicted octanol–water partition coefficient (Wildman–Crippen LogP) is 9.17. The Hall–Kier alpha value is -4.18. The number of unbranched alkanes of at least 4 members (excludes halogenated alkanes) is 5. The van der Waals surface area contributed by atoms with Gasteiger partial charge in [-0.1, -0.05) is 113 Å². The predicted molar refractivity (Wildman–Crippen MR) is 161 cm³/mol. The highest BCUT2D eigenvalue weighted by molar-refractivity contribution is 6.03. The molecule has 1 atom stereocenters. The number of phenols is 1. The molecule has 0 aliphatic rings. The third-order valence-corrected chi connectivity index (χ3v) is 7.36. The molecular formula is C36H38O4. The zero-order chi connectivity index (χ0) is 28.3. The average Bonchev–Trinajstić information content (AvgIpc) is 2.99. The molecule has 0 aliphatic heterocycles. The lowest BCUT2D eigenvalue weighted by Gasteiger charge is -2.13. The number of carbonyl (C=O) groups is 2. The lowest BCUT2D eigenvalue weighted by atomic mass is 9.92. The van der Waals surface area contributed by atoms with Gasteiger partial charge in [0, 0.05) is 12.0 Å². The standard InChI is InChI=1S/C36H38O4/c1-3-4-5-6-7-9-12-27-15-17-29(18-16-27)30-19-21-31(22-20-30)36(39)40-32-23-24-33(34(37)25-32)35(38)26(2)28-13-10-8-11-14-28/h8,10-11,13-26,37H,3-7,9,12H2,1-2H3. The van der Waals surface area contributed by atoms with Crippen LogP contribution in [0.2, 0.25) is 0 Å². The summed E-state index contributed by atoms with van der Waals surface area (Å²) < 4.78 is 5.48. The second-order valence-electron chi connectivity index (χ2n) is 10.4. The molecule has 0 spiro atoms. The number of rotatable bonds is 13. The second-order valence-corrected chi connectivity index (χ2v) is 10.4. The van der Waals surface area contributed by atoms with Crippen LogP contribution in [0, 0.1) is 0 Å². The van der Waals surface area contributed by atoms with E-state index in [1.165, 1.54) is 62.3 Å². The summed E-state index contributed by atoms with van der Waals surface area (Å²) in [5.74, 6) is -1.18. The molecule has 1 N–H and O–H groups in total. The zero-order valence-corrected chi connectivity index (χ0v) is 23.4. The minimum Gasteiger partial charge on any atom is -0.507 e. The average molecular weight is 535 g/mol. The number of Topliss-reactive ketones (excluding diaryl/α,β-unsaturated/α-hetero) is 1. The van der Waals surface area contributed by atoms with E-state index in [-0.39, 0.29) is 22.8 Å². The van der Waals surface area contributed by atoms with Gasteiger partial charge in [-0.15, -0.1) is 0 Å². The molecule has 4 rings (SSSR count). The Morgan fingerprint density at radius 3 is 2.02 bits per heavy atom. The van der Waals surface area contributed by atoms with Crippen LogP contribution >= 0.6 is 0 Å². The van der Waals surface area contributed by atoms with Gasteiger partial charge in [0.05, 0.1) is 11.1 Å². The molecule has 0 aromatic heterocycles. The van der Waals surface area contributed by atoms with Gasteiger partial charge in [-0.3, -0.25) is 4.79 Å². The number of carbonyl (C=O) groups excluding carboxylic acids is 2. The Morgan fingerprint density at radius 1 is 0.750 bits per heavy atom. The number of esters is 1. The maximum Gasteiger partial charge on any atom is 0.343 e. The molecule has 0 amide bonds. The number of phenolic OH excluding ortho intramolecular Hbond substituents is 1. The van der Waals surface area contributed by atoms with E-state index in [4.69, 9.17) is 4.74 Å². The van der Waals surface area contributed by atoms with Crippen LogP contribution in [-0.4, -0.2) is 16.9 Å². The molecule has 4 nitrogen and oxygen atoms in total. The molecule has 4 aromatic carbocycles.